The van der Waals surface area contributed by atoms with E-state index in [2.05, 4.69) is 26.6 Å². The summed E-state index contributed by atoms with van der Waals surface area (Å²) in [5.74, 6) is 0.279. The number of hydrogen-bond acceptors (Lipinski definition) is 2. The molecular formula is C15H20BrN3OS. The number of anilines is 1. The van der Waals surface area contributed by atoms with Crippen molar-refractivity contribution >= 4 is 44.9 Å². The van der Waals surface area contributed by atoms with Crippen LogP contribution in [0.2, 0.25) is 0 Å². The Morgan fingerprint density at radius 3 is 2.95 bits per heavy atom. The zero-order chi connectivity index (χ0) is 15.2. The summed E-state index contributed by atoms with van der Waals surface area (Å²) in [6, 6.07) is 6.02. The number of likely N-dealkylation sites (tertiary alicyclic amines) is 1. The monoisotopic (exact) mass is 369 g/mol. The summed E-state index contributed by atoms with van der Waals surface area (Å²) >= 11 is 8.74. The van der Waals surface area contributed by atoms with Crippen molar-refractivity contribution in [2.75, 3.05) is 25.0 Å². The van der Waals surface area contributed by atoms with Gasteiger partial charge < -0.3 is 15.5 Å². The van der Waals surface area contributed by atoms with Crippen LogP contribution in [0.15, 0.2) is 22.7 Å². The van der Waals surface area contributed by atoms with Gasteiger partial charge in [-0.1, -0.05) is 15.9 Å². The van der Waals surface area contributed by atoms with Crippen LogP contribution >= 0.6 is 28.1 Å². The van der Waals surface area contributed by atoms with Crippen LogP contribution in [-0.2, 0) is 4.79 Å². The predicted molar refractivity (Wildman–Crippen MR) is 93.5 cm³/mol. The Balaban J connectivity index is 1.67. The van der Waals surface area contributed by atoms with Crippen LogP contribution in [0.5, 0.6) is 0 Å². The number of amides is 1. The molecule has 0 aliphatic carbocycles. The number of nitrogens with zero attached hydrogens (tertiary/aromatic N) is 1. The number of carbonyl (C=O) groups excluding carboxylic acids is 1. The second-order valence-corrected chi connectivity index (χ2v) is 6.45. The summed E-state index contributed by atoms with van der Waals surface area (Å²) in [5, 5.41) is 6.96. The lowest BCUT2D eigenvalue weighted by atomic mass is 10.2. The van der Waals surface area contributed by atoms with Gasteiger partial charge in [0.2, 0.25) is 5.91 Å². The molecule has 0 atom stereocenters. The predicted octanol–water partition coefficient (Wildman–Crippen LogP) is 3.06. The molecule has 4 nitrogen and oxygen atoms in total. The van der Waals surface area contributed by atoms with E-state index in [4.69, 9.17) is 12.2 Å². The highest BCUT2D eigenvalue weighted by atomic mass is 79.9. The minimum atomic E-state index is 0.279. The first kappa shape index (κ1) is 16.2. The number of hydrogen-bond donors (Lipinski definition) is 2. The van der Waals surface area contributed by atoms with Crippen molar-refractivity contribution in [1.82, 2.24) is 10.2 Å². The first-order valence-corrected chi connectivity index (χ1v) is 8.35. The number of carbonyl (C=O) groups is 1. The molecule has 0 spiro atoms. The van der Waals surface area contributed by atoms with Gasteiger partial charge in [-0.15, -0.1) is 0 Å². The molecule has 0 aromatic heterocycles. The highest BCUT2D eigenvalue weighted by Gasteiger charge is 2.18. The van der Waals surface area contributed by atoms with Crippen molar-refractivity contribution in [2.24, 2.45) is 0 Å². The minimum Gasteiger partial charge on any atom is -0.362 e. The third-order valence-corrected chi connectivity index (χ3v) is 4.61. The average Bonchev–Trinajstić information content (AvgIpc) is 2.85. The highest BCUT2D eigenvalue weighted by molar-refractivity contribution is 9.10. The van der Waals surface area contributed by atoms with Crippen molar-refractivity contribution in [3.63, 3.8) is 0 Å². The number of rotatable bonds is 5. The normalized spacial score (nSPS) is 14.4. The number of aryl methyl sites for hydroxylation is 1. The molecule has 21 heavy (non-hydrogen) atoms. The molecule has 1 aliphatic heterocycles. The number of benzene rings is 1. The van der Waals surface area contributed by atoms with Gasteiger partial charge in [0, 0.05) is 36.2 Å². The molecule has 6 heteroatoms. The lowest BCUT2D eigenvalue weighted by molar-refractivity contribution is -0.127. The molecule has 1 fully saturated rings. The van der Waals surface area contributed by atoms with Crippen LogP contribution in [0.4, 0.5) is 5.69 Å². The quantitative estimate of drug-likeness (QED) is 0.618. The largest absolute Gasteiger partial charge is 0.362 e. The second-order valence-electron chi connectivity index (χ2n) is 5.18. The fraction of sp³-hybridized carbons (Fsp3) is 0.467. The van der Waals surface area contributed by atoms with Gasteiger partial charge in [-0.3, -0.25) is 4.79 Å². The average molecular weight is 370 g/mol. The third-order valence-electron chi connectivity index (χ3n) is 3.48. The molecule has 1 aliphatic rings. The van der Waals surface area contributed by atoms with E-state index in [1.165, 1.54) is 0 Å². The van der Waals surface area contributed by atoms with E-state index in [0.29, 0.717) is 11.5 Å². The molecule has 0 unspecified atom stereocenters. The van der Waals surface area contributed by atoms with E-state index >= 15 is 0 Å². The Hall–Kier alpha value is -1.14. The van der Waals surface area contributed by atoms with Crippen LogP contribution in [-0.4, -0.2) is 35.6 Å². The fourth-order valence-corrected chi connectivity index (χ4v) is 2.78. The van der Waals surface area contributed by atoms with Crippen molar-refractivity contribution in [3.8, 4) is 0 Å². The van der Waals surface area contributed by atoms with Crippen molar-refractivity contribution in [2.45, 2.75) is 26.2 Å². The van der Waals surface area contributed by atoms with E-state index in [0.717, 1.165) is 48.2 Å². The molecule has 2 N–H and O–H groups in total. The van der Waals surface area contributed by atoms with Crippen molar-refractivity contribution in [1.29, 1.82) is 0 Å². The fourth-order valence-electron chi connectivity index (χ4n) is 2.31. The van der Waals surface area contributed by atoms with E-state index in [1.807, 2.05) is 30.0 Å². The van der Waals surface area contributed by atoms with Crippen molar-refractivity contribution in [3.05, 3.63) is 28.2 Å². The zero-order valence-electron chi connectivity index (χ0n) is 12.1. The van der Waals surface area contributed by atoms with Crippen LogP contribution in [0.3, 0.4) is 0 Å². The van der Waals surface area contributed by atoms with Gasteiger partial charge in [-0.05, 0) is 55.7 Å². The summed E-state index contributed by atoms with van der Waals surface area (Å²) in [4.78, 5) is 13.4. The zero-order valence-corrected chi connectivity index (χ0v) is 14.5. The molecule has 1 aromatic carbocycles. The Bertz CT molecular complexity index is 536. The SMILES string of the molecule is Cc1cc(NC(=S)NCCCN2CCCC2=O)ccc1Br. The van der Waals surface area contributed by atoms with Crippen LogP contribution in [0.25, 0.3) is 0 Å². The van der Waals surface area contributed by atoms with E-state index in [-0.39, 0.29) is 5.91 Å². The number of thiocarbonyl (C=S) groups is 1. The summed E-state index contributed by atoms with van der Waals surface area (Å²) in [6.45, 7) is 4.52. The molecular weight excluding hydrogens is 350 g/mol. The van der Waals surface area contributed by atoms with Crippen LogP contribution < -0.4 is 10.6 Å². The van der Waals surface area contributed by atoms with E-state index in [1.54, 1.807) is 0 Å². The second kappa shape index (κ2) is 7.75. The van der Waals surface area contributed by atoms with Gasteiger partial charge in [0.05, 0.1) is 0 Å². The number of nitrogens with one attached hydrogen (secondary N) is 2. The molecule has 114 valence electrons. The van der Waals surface area contributed by atoms with Gasteiger partial charge in [0.1, 0.15) is 0 Å². The molecule has 1 heterocycles. The lowest BCUT2D eigenvalue weighted by Gasteiger charge is -2.16. The van der Waals surface area contributed by atoms with Gasteiger partial charge in [-0.2, -0.15) is 0 Å². The van der Waals surface area contributed by atoms with Crippen LogP contribution in [0.1, 0.15) is 24.8 Å². The van der Waals surface area contributed by atoms with Gasteiger partial charge >= 0.3 is 0 Å². The maximum atomic E-state index is 11.5. The maximum Gasteiger partial charge on any atom is 0.222 e. The lowest BCUT2D eigenvalue weighted by Crippen LogP contribution is -2.32. The molecule has 0 radical (unpaired) electrons. The van der Waals surface area contributed by atoms with Gasteiger partial charge in [-0.25, -0.2) is 0 Å². The van der Waals surface area contributed by atoms with Gasteiger partial charge in [0.25, 0.3) is 0 Å². The van der Waals surface area contributed by atoms with Crippen LogP contribution in [0, 0.1) is 6.92 Å². The summed E-state index contributed by atoms with van der Waals surface area (Å²) < 4.78 is 1.09. The Morgan fingerprint density at radius 2 is 2.29 bits per heavy atom. The molecule has 1 saturated heterocycles. The molecule has 1 amide bonds. The Morgan fingerprint density at radius 1 is 1.48 bits per heavy atom. The highest BCUT2D eigenvalue weighted by Crippen LogP contribution is 2.19. The van der Waals surface area contributed by atoms with E-state index < -0.39 is 0 Å². The Kier molecular flexibility index (Phi) is 5.99. The van der Waals surface area contributed by atoms with E-state index in [9.17, 15) is 4.79 Å². The standard InChI is InChI=1S/C15H20BrN3OS/c1-11-10-12(5-6-13(11)16)18-15(21)17-7-3-9-19-8-2-4-14(19)20/h5-6,10H,2-4,7-9H2,1H3,(H2,17,18,21). The number of halogens is 1. The smallest absolute Gasteiger partial charge is 0.222 e. The van der Waals surface area contributed by atoms with Gasteiger partial charge in [0.15, 0.2) is 5.11 Å². The first-order chi connectivity index (χ1) is 10.1. The molecule has 0 saturated carbocycles. The van der Waals surface area contributed by atoms with Crippen molar-refractivity contribution < 1.29 is 4.79 Å². The summed E-state index contributed by atoms with van der Waals surface area (Å²) in [6.07, 6.45) is 2.61. The Labute approximate surface area is 139 Å². The molecule has 0 bridgehead atoms. The molecule has 1 aromatic rings. The topological polar surface area (TPSA) is 44.4 Å². The summed E-state index contributed by atoms with van der Waals surface area (Å²) in [7, 11) is 0. The third kappa shape index (κ3) is 4.97. The minimum absolute atomic E-state index is 0.279. The maximum absolute atomic E-state index is 11.5. The summed E-state index contributed by atoms with van der Waals surface area (Å²) in [5.41, 5.74) is 2.14. The first-order valence-electron chi connectivity index (χ1n) is 7.15. The molecule has 2 rings (SSSR count).